The molecule has 1 N–H and O–H groups in total. The van der Waals surface area contributed by atoms with E-state index in [9.17, 15) is 19.5 Å². The average molecular weight is 497 g/mol. The van der Waals surface area contributed by atoms with Crippen molar-refractivity contribution in [3.8, 4) is 0 Å². The Labute approximate surface area is 205 Å². The summed E-state index contributed by atoms with van der Waals surface area (Å²) in [6.07, 6.45) is 7.94. The summed E-state index contributed by atoms with van der Waals surface area (Å²) in [6, 6.07) is 8.60. The number of pyridine rings is 1. The molecule has 2 aromatic rings. The minimum absolute atomic E-state index is 0.0203. The molecule has 174 valence electrons. The highest BCUT2D eigenvalue weighted by atomic mass is 35.5. The Morgan fingerprint density at radius 3 is 2.65 bits per heavy atom. The quantitative estimate of drug-likeness (QED) is 0.626. The van der Waals surface area contributed by atoms with E-state index in [-0.39, 0.29) is 22.4 Å². The molecule has 34 heavy (non-hydrogen) atoms. The maximum atomic E-state index is 13.8. The number of amidine groups is 1. The summed E-state index contributed by atoms with van der Waals surface area (Å²) >= 11 is 7.42. The Bertz CT molecular complexity index is 1260. The fourth-order valence-corrected chi connectivity index (χ4v) is 5.93. The predicted molar refractivity (Wildman–Crippen MR) is 131 cm³/mol. The minimum atomic E-state index is -1.13. The highest BCUT2D eigenvalue weighted by Gasteiger charge is 2.45. The first kappa shape index (κ1) is 22.6. The second-order valence-corrected chi connectivity index (χ2v) is 9.68. The molecule has 0 spiro atoms. The number of benzene rings is 1. The number of amides is 2. The van der Waals surface area contributed by atoms with Gasteiger partial charge in [-0.25, -0.2) is 4.99 Å². The molecular weight excluding hydrogens is 476 g/mol. The minimum Gasteiger partial charge on any atom is -0.480 e. The van der Waals surface area contributed by atoms with Gasteiger partial charge in [0.05, 0.1) is 26.9 Å². The molecule has 0 bridgehead atoms. The number of anilines is 1. The van der Waals surface area contributed by atoms with Gasteiger partial charge in [-0.05, 0) is 36.7 Å². The number of carboxylic acids is 1. The van der Waals surface area contributed by atoms with Crippen LogP contribution in [0.5, 0.6) is 0 Å². The van der Waals surface area contributed by atoms with Crippen LogP contribution >= 0.6 is 23.4 Å². The lowest BCUT2D eigenvalue weighted by Crippen LogP contribution is -2.40. The number of rotatable bonds is 4. The first-order chi connectivity index (χ1) is 16.5. The number of hydrogen-bond acceptors (Lipinski definition) is 6. The van der Waals surface area contributed by atoms with Crippen LogP contribution in [0.4, 0.5) is 11.4 Å². The molecule has 2 fully saturated rings. The molecular formula is C24H21ClN4O4S. The Morgan fingerprint density at radius 1 is 1.15 bits per heavy atom. The average Bonchev–Trinajstić information content (AvgIpc) is 3.29. The smallest absolute Gasteiger partial charge is 0.323 e. The summed E-state index contributed by atoms with van der Waals surface area (Å²) < 4.78 is 0. The maximum absolute atomic E-state index is 13.8. The molecule has 5 rings (SSSR count). The van der Waals surface area contributed by atoms with Crippen LogP contribution in [0.1, 0.15) is 37.7 Å². The van der Waals surface area contributed by atoms with E-state index in [0.717, 1.165) is 43.9 Å². The van der Waals surface area contributed by atoms with Gasteiger partial charge in [0.2, 0.25) is 0 Å². The van der Waals surface area contributed by atoms with Gasteiger partial charge in [-0.2, -0.15) is 0 Å². The van der Waals surface area contributed by atoms with E-state index in [1.54, 1.807) is 41.4 Å². The number of aliphatic imine (C=N–C) groups is 1. The van der Waals surface area contributed by atoms with Crippen molar-refractivity contribution in [2.75, 3.05) is 11.4 Å². The number of aromatic nitrogens is 1. The Morgan fingerprint density at radius 2 is 1.91 bits per heavy atom. The molecule has 10 heteroatoms. The van der Waals surface area contributed by atoms with Crippen LogP contribution < -0.4 is 4.90 Å². The molecule has 1 saturated carbocycles. The molecule has 0 atom stereocenters. The highest BCUT2D eigenvalue weighted by molar-refractivity contribution is 8.18. The second kappa shape index (κ2) is 9.23. The number of para-hydroxylation sites is 1. The SMILES string of the molecule is O=C(O)CN1C(=O)/C(=C2\SC(=Nc3ccncc3Cl)N(C3CCCCC3)C2=O)c2ccccc21. The van der Waals surface area contributed by atoms with Crippen LogP contribution in [-0.4, -0.2) is 50.5 Å². The van der Waals surface area contributed by atoms with E-state index >= 15 is 0 Å². The molecule has 2 aliphatic heterocycles. The van der Waals surface area contributed by atoms with E-state index in [4.69, 9.17) is 16.6 Å². The number of carboxylic acid groups (broad SMARTS) is 1. The third kappa shape index (κ3) is 3.99. The molecule has 2 amide bonds. The monoisotopic (exact) mass is 496 g/mol. The van der Waals surface area contributed by atoms with Crippen molar-refractivity contribution < 1.29 is 19.5 Å². The van der Waals surface area contributed by atoms with E-state index in [0.29, 0.717) is 27.1 Å². The van der Waals surface area contributed by atoms with Crippen LogP contribution in [0, 0.1) is 0 Å². The topological polar surface area (TPSA) is 103 Å². The fraction of sp³-hybridized carbons (Fsp3) is 0.292. The van der Waals surface area contributed by atoms with Gasteiger partial charge in [0.25, 0.3) is 11.8 Å². The molecule has 8 nitrogen and oxygen atoms in total. The second-order valence-electron chi connectivity index (χ2n) is 8.30. The number of fused-ring (bicyclic) bond motifs is 1. The van der Waals surface area contributed by atoms with Crippen LogP contribution in [0.15, 0.2) is 52.6 Å². The number of hydrogen-bond donors (Lipinski definition) is 1. The first-order valence-electron chi connectivity index (χ1n) is 11.0. The van der Waals surface area contributed by atoms with Crippen LogP contribution in [0.2, 0.25) is 5.02 Å². The van der Waals surface area contributed by atoms with Crippen LogP contribution in [0.3, 0.4) is 0 Å². The molecule has 3 heterocycles. The first-order valence-corrected chi connectivity index (χ1v) is 12.2. The summed E-state index contributed by atoms with van der Waals surface area (Å²) in [5.74, 6) is -1.90. The third-order valence-corrected chi connectivity index (χ3v) is 7.51. The highest BCUT2D eigenvalue weighted by Crippen LogP contribution is 2.46. The van der Waals surface area contributed by atoms with Crippen molar-refractivity contribution >= 4 is 63.3 Å². The molecule has 0 radical (unpaired) electrons. The van der Waals surface area contributed by atoms with Gasteiger partial charge >= 0.3 is 5.97 Å². The van der Waals surface area contributed by atoms with Gasteiger partial charge < -0.3 is 5.11 Å². The van der Waals surface area contributed by atoms with Gasteiger partial charge in [-0.1, -0.05) is 49.1 Å². The van der Waals surface area contributed by atoms with Crippen molar-refractivity contribution in [1.29, 1.82) is 0 Å². The third-order valence-electron chi connectivity index (χ3n) is 6.16. The zero-order valence-corrected chi connectivity index (χ0v) is 19.7. The lowest BCUT2D eigenvalue weighted by molar-refractivity contribution is -0.136. The van der Waals surface area contributed by atoms with Gasteiger partial charge in [0, 0.05) is 24.0 Å². The van der Waals surface area contributed by atoms with Crippen molar-refractivity contribution in [3.05, 3.63) is 58.2 Å². The summed E-state index contributed by atoms with van der Waals surface area (Å²) in [7, 11) is 0. The number of aliphatic carboxylic acids is 1. The summed E-state index contributed by atoms with van der Waals surface area (Å²) in [6.45, 7) is -0.481. The van der Waals surface area contributed by atoms with Crippen molar-refractivity contribution in [1.82, 2.24) is 9.88 Å². The van der Waals surface area contributed by atoms with Crippen molar-refractivity contribution in [3.63, 3.8) is 0 Å². The number of thioether (sulfide) groups is 1. The van der Waals surface area contributed by atoms with Gasteiger partial charge in [-0.3, -0.25) is 29.2 Å². The number of carbonyl (C=O) groups is 3. The molecule has 0 unspecified atom stereocenters. The van der Waals surface area contributed by atoms with Crippen molar-refractivity contribution in [2.45, 2.75) is 38.1 Å². The zero-order valence-electron chi connectivity index (χ0n) is 18.1. The number of nitrogens with zero attached hydrogens (tertiary/aromatic N) is 4. The molecule has 1 aromatic carbocycles. The number of carbonyl (C=O) groups excluding carboxylic acids is 2. The van der Waals surface area contributed by atoms with E-state index in [1.165, 1.54) is 11.1 Å². The van der Waals surface area contributed by atoms with E-state index in [1.807, 2.05) is 0 Å². The molecule has 1 aliphatic carbocycles. The lowest BCUT2D eigenvalue weighted by atomic mass is 9.94. The standard InChI is InChI=1S/C24H21ClN4O4S/c25-16-12-26-11-10-17(16)27-24-29(14-6-2-1-3-7-14)23(33)21(34-24)20-15-8-4-5-9-18(15)28(22(20)32)13-19(30)31/h4-5,8-12,14H,1-3,6-7,13H2,(H,30,31)/b21-20-,27-24?. The Balaban J connectivity index is 1.64. The maximum Gasteiger partial charge on any atom is 0.323 e. The Kier molecular flexibility index (Phi) is 6.14. The van der Waals surface area contributed by atoms with Gasteiger partial charge in [0.1, 0.15) is 6.54 Å². The molecule has 3 aliphatic rings. The van der Waals surface area contributed by atoms with E-state index in [2.05, 4.69) is 4.98 Å². The fourth-order valence-electron chi connectivity index (χ4n) is 4.63. The van der Waals surface area contributed by atoms with Crippen LogP contribution in [-0.2, 0) is 14.4 Å². The lowest BCUT2D eigenvalue weighted by Gasteiger charge is -2.30. The summed E-state index contributed by atoms with van der Waals surface area (Å²) in [4.78, 5) is 50.4. The van der Waals surface area contributed by atoms with Gasteiger partial charge in [0.15, 0.2) is 5.17 Å². The largest absolute Gasteiger partial charge is 0.480 e. The molecule has 1 saturated heterocycles. The van der Waals surface area contributed by atoms with Crippen molar-refractivity contribution in [2.24, 2.45) is 4.99 Å². The summed E-state index contributed by atoms with van der Waals surface area (Å²) in [5.41, 5.74) is 1.75. The van der Waals surface area contributed by atoms with Gasteiger partial charge in [-0.15, -0.1) is 0 Å². The number of halogens is 1. The summed E-state index contributed by atoms with van der Waals surface area (Å²) in [5, 5.41) is 10.2. The zero-order chi connectivity index (χ0) is 23.8. The predicted octanol–water partition coefficient (Wildman–Crippen LogP) is 4.47. The van der Waals surface area contributed by atoms with Crippen LogP contribution in [0.25, 0.3) is 5.57 Å². The normalized spacial score (nSPS) is 22.1. The Hall–Kier alpha value is -3.17. The van der Waals surface area contributed by atoms with E-state index < -0.39 is 18.4 Å². The molecule has 1 aromatic heterocycles.